The molecule has 4 aromatic rings. The molecule has 0 amide bonds. The van der Waals surface area contributed by atoms with Crippen molar-refractivity contribution in [1.29, 1.82) is 0 Å². The van der Waals surface area contributed by atoms with E-state index in [1.165, 1.54) is 24.7 Å². The molecule has 0 aliphatic rings. The lowest BCUT2D eigenvalue weighted by atomic mass is 9.99. The van der Waals surface area contributed by atoms with Crippen molar-refractivity contribution in [2.24, 2.45) is 0 Å². The molecule has 11 heteroatoms. The summed E-state index contributed by atoms with van der Waals surface area (Å²) >= 11 is 0. The molecule has 4 rings (SSSR count). The predicted molar refractivity (Wildman–Crippen MR) is 127 cm³/mol. The van der Waals surface area contributed by atoms with Crippen LogP contribution in [0.3, 0.4) is 0 Å². The highest BCUT2D eigenvalue weighted by Crippen LogP contribution is 2.36. The Balaban J connectivity index is 1.68. The van der Waals surface area contributed by atoms with Gasteiger partial charge in [-0.1, -0.05) is 24.8 Å². The number of anilines is 2. The number of rotatable bonds is 7. The fourth-order valence-corrected chi connectivity index (χ4v) is 3.67. The van der Waals surface area contributed by atoms with E-state index in [0.29, 0.717) is 33.8 Å². The SMILES string of the molecule is C=CS(=O)(=O)Nc1ccc(-c2ncnc(N)c2-c2ccc(Oc3nccc(C)n3)c(F)c2)cc1. The van der Waals surface area contributed by atoms with Gasteiger partial charge in [-0.15, -0.1) is 0 Å². The smallest absolute Gasteiger partial charge is 0.322 e. The summed E-state index contributed by atoms with van der Waals surface area (Å²) in [4.78, 5) is 16.4. The van der Waals surface area contributed by atoms with Crippen molar-refractivity contribution in [3.8, 4) is 34.1 Å². The van der Waals surface area contributed by atoms with E-state index in [-0.39, 0.29) is 17.6 Å². The van der Waals surface area contributed by atoms with Crippen LogP contribution in [0.15, 0.2) is 73.0 Å². The summed E-state index contributed by atoms with van der Waals surface area (Å²) in [7, 11) is -3.64. The van der Waals surface area contributed by atoms with Crippen molar-refractivity contribution in [1.82, 2.24) is 19.9 Å². The highest BCUT2D eigenvalue weighted by atomic mass is 32.2. The maximum absolute atomic E-state index is 14.9. The lowest BCUT2D eigenvalue weighted by Gasteiger charge is -2.13. The van der Waals surface area contributed by atoms with Crippen molar-refractivity contribution < 1.29 is 17.5 Å². The number of sulfonamides is 1. The zero-order chi connectivity index (χ0) is 24.3. The van der Waals surface area contributed by atoms with Crippen LogP contribution in [0.5, 0.6) is 11.8 Å². The molecular formula is C23H19FN6O3S. The summed E-state index contributed by atoms with van der Waals surface area (Å²) in [6.45, 7) is 5.03. The number of nitrogens with zero attached hydrogens (tertiary/aromatic N) is 4. The van der Waals surface area contributed by atoms with E-state index in [1.54, 1.807) is 43.3 Å². The van der Waals surface area contributed by atoms with Crippen molar-refractivity contribution >= 4 is 21.5 Å². The van der Waals surface area contributed by atoms with Gasteiger partial charge in [0.1, 0.15) is 12.1 Å². The molecule has 0 saturated heterocycles. The lowest BCUT2D eigenvalue weighted by molar-refractivity contribution is 0.410. The van der Waals surface area contributed by atoms with Crippen molar-refractivity contribution in [3.63, 3.8) is 0 Å². The van der Waals surface area contributed by atoms with Gasteiger partial charge in [-0.2, -0.15) is 0 Å². The standard InChI is InChI=1S/C23H19FN6O3S/c1-3-34(31,32)30-17-7-4-15(5-8-17)21-20(22(25)28-13-27-21)16-6-9-19(18(24)12-16)33-23-26-11-10-14(2)29-23/h3-13,30H,1H2,2H3,(H2,25,27,28). The molecule has 172 valence electrons. The zero-order valence-electron chi connectivity index (χ0n) is 17.9. The fourth-order valence-electron chi connectivity index (χ4n) is 3.12. The highest BCUT2D eigenvalue weighted by molar-refractivity contribution is 7.95. The van der Waals surface area contributed by atoms with E-state index in [9.17, 15) is 12.8 Å². The molecule has 0 unspecified atom stereocenters. The third kappa shape index (κ3) is 4.99. The Labute approximate surface area is 195 Å². The number of nitrogens with one attached hydrogen (secondary N) is 1. The number of aromatic nitrogens is 4. The van der Waals surface area contributed by atoms with Gasteiger partial charge in [0.05, 0.1) is 11.3 Å². The Hall–Kier alpha value is -4.38. The van der Waals surface area contributed by atoms with E-state index in [2.05, 4.69) is 31.2 Å². The molecule has 0 radical (unpaired) electrons. The van der Waals surface area contributed by atoms with Crippen LogP contribution in [0.25, 0.3) is 22.4 Å². The molecule has 34 heavy (non-hydrogen) atoms. The molecule has 2 aromatic heterocycles. The molecule has 0 aliphatic heterocycles. The molecule has 0 saturated carbocycles. The van der Waals surface area contributed by atoms with Crippen LogP contribution in [0.4, 0.5) is 15.9 Å². The Morgan fingerprint density at radius 1 is 1.06 bits per heavy atom. The van der Waals surface area contributed by atoms with Crippen LogP contribution in [0.2, 0.25) is 0 Å². The van der Waals surface area contributed by atoms with Crippen molar-refractivity contribution in [2.45, 2.75) is 6.92 Å². The van der Waals surface area contributed by atoms with Crippen LogP contribution < -0.4 is 15.2 Å². The number of halogens is 1. The normalized spacial score (nSPS) is 11.1. The second-order valence-electron chi connectivity index (χ2n) is 7.10. The number of aryl methyl sites for hydroxylation is 1. The molecule has 2 aromatic carbocycles. The van der Waals surface area contributed by atoms with Gasteiger partial charge in [0.2, 0.25) is 0 Å². The number of benzene rings is 2. The van der Waals surface area contributed by atoms with E-state index in [4.69, 9.17) is 10.5 Å². The second kappa shape index (κ2) is 9.24. The third-order valence-corrected chi connectivity index (χ3v) is 5.67. The van der Waals surface area contributed by atoms with Crippen LogP contribution in [-0.4, -0.2) is 28.4 Å². The van der Waals surface area contributed by atoms with Gasteiger partial charge < -0.3 is 10.5 Å². The minimum Gasteiger partial charge on any atom is -0.421 e. The van der Waals surface area contributed by atoms with Gasteiger partial charge in [0.15, 0.2) is 11.6 Å². The average Bonchev–Trinajstić information content (AvgIpc) is 2.81. The Morgan fingerprint density at radius 3 is 2.47 bits per heavy atom. The third-order valence-electron chi connectivity index (χ3n) is 4.71. The summed E-state index contributed by atoms with van der Waals surface area (Å²) in [5.41, 5.74) is 9.07. The van der Waals surface area contributed by atoms with E-state index in [1.807, 2.05) is 0 Å². The van der Waals surface area contributed by atoms with E-state index < -0.39 is 15.8 Å². The Kier molecular flexibility index (Phi) is 6.19. The second-order valence-corrected chi connectivity index (χ2v) is 8.73. The first kappa shape index (κ1) is 22.8. The van der Waals surface area contributed by atoms with Crippen molar-refractivity contribution in [2.75, 3.05) is 10.5 Å². The first-order valence-corrected chi connectivity index (χ1v) is 11.4. The van der Waals surface area contributed by atoms with Gasteiger partial charge in [0, 0.05) is 28.5 Å². The van der Waals surface area contributed by atoms with Crippen LogP contribution in [-0.2, 0) is 10.0 Å². The molecule has 3 N–H and O–H groups in total. The molecule has 0 bridgehead atoms. The van der Waals surface area contributed by atoms with Crippen LogP contribution in [0, 0.1) is 12.7 Å². The number of nitrogens with two attached hydrogens (primary N) is 1. The first-order valence-electron chi connectivity index (χ1n) is 9.89. The summed E-state index contributed by atoms with van der Waals surface area (Å²) < 4.78 is 46.1. The molecule has 0 spiro atoms. The average molecular weight is 479 g/mol. The van der Waals surface area contributed by atoms with E-state index in [0.717, 1.165) is 5.41 Å². The lowest BCUT2D eigenvalue weighted by Crippen LogP contribution is -2.08. The topological polar surface area (TPSA) is 133 Å². The molecular weight excluding hydrogens is 459 g/mol. The van der Waals surface area contributed by atoms with Crippen LogP contribution >= 0.6 is 0 Å². The molecule has 2 heterocycles. The van der Waals surface area contributed by atoms with Gasteiger partial charge in [-0.25, -0.2) is 32.7 Å². The monoisotopic (exact) mass is 478 g/mol. The number of hydrogen-bond acceptors (Lipinski definition) is 8. The van der Waals surface area contributed by atoms with Gasteiger partial charge >= 0.3 is 6.01 Å². The molecule has 0 atom stereocenters. The predicted octanol–water partition coefficient (Wildman–Crippen LogP) is 4.31. The van der Waals surface area contributed by atoms with Gasteiger partial charge in [-0.3, -0.25) is 4.72 Å². The summed E-state index contributed by atoms with van der Waals surface area (Å²) in [5, 5.41) is 0.817. The molecule has 0 aliphatic carbocycles. The van der Waals surface area contributed by atoms with E-state index >= 15 is 0 Å². The number of ether oxygens (including phenoxy) is 1. The highest BCUT2D eigenvalue weighted by Gasteiger charge is 2.17. The largest absolute Gasteiger partial charge is 0.421 e. The fraction of sp³-hybridized carbons (Fsp3) is 0.0435. The van der Waals surface area contributed by atoms with Crippen molar-refractivity contribution in [3.05, 3.63) is 84.6 Å². The Morgan fingerprint density at radius 2 is 1.79 bits per heavy atom. The Bertz CT molecular complexity index is 1480. The molecule has 0 fully saturated rings. The van der Waals surface area contributed by atoms with Gasteiger partial charge in [-0.05, 0) is 42.8 Å². The zero-order valence-corrected chi connectivity index (χ0v) is 18.8. The summed E-state index contributed by atoms with van der Waals surface area (Å²) in [6, 6.07) is 12.5. The quantitative estimate of drug-likeness (QED) is 0.401. The first-order chi connectivity index (χ1) is 16.3. The minimum absolute atomic E-state index is 0.0297. The van der Waals surface area contributed by atoms with Crippen LogP contribution in [0.1, 0.15) is 5.69 Å². The summed E-state index contributed by atoms with van der Waals surface area (Å²) in [5.74, 6) is -0.548. The maximum atomic E-state index is 14.9. The minimum atomic E-state index is -3.64. The number of nitrogen functional groups attached to an aromatic ring is 1. The number of hydrogen-bond donors (Lipinski definition) is 2. The molecule has 9 nitrogen and oxygen atoms in total. The summed E-state index contributed by atoms with van der Waals surface area (Å²) in [6.07, 6.45) is 2.82. The maximum Gasteiger partial charge on any atom is 0.322 e. The van der Waals surface area contributed by atoms with Gasteiger partial charge in [0.25, 0.3) is 10.0 Å².